The summed E-state index contributed by atoms with van der Waals surface area (Å²) in [5.74, 6) is 0. The van der Waals surface area contributed by atoms with Crippen molar-refractivity contribution in [3.8, 4) is 0 Å². The van der Waals surface area contributed by atoms with Crippen LogP contribution >= 0.6 is 22.9 Å². The summed E-state index contributed by atoms with van der Waals surface area (Å²) in [5, 5.41) is 0. The molecule has 0 N–H and O–H groups in total. The summed E-state index contributed by atoms with van der Waals surface area (Å²) in [6.45, 7) is 5.64. The molecular weight excluding hydrogens is 228 g/mol. The third-order valence-electron chi connectivity index (χ3n) is 3.24. The van der Waals surface area contributed by atoms with Gasteiger partial charge in [-0.2, -0.15) is 0 Å². The largest absolute Gasteiger partial charge is 0.293 e. The number of thiazole rings is 1. The number of hydrogen-bond acceptors (Lipinski definition) is 3. The minimum absolute atomic E-state index is 0.655. The first-order valence-electron chi connectivity index (χ1n) is 5.53. The van der Waals surface area contributed by atoms with E-state index >= 15 is 0 Å². The first kappa shape index (κ1) is 11.4. The Morgan fingerprint density at radius 3 is 2.67 bits per heavy atom. The van der Waals surface area contributed by atoms with Gasteiger partial charge >= 0.3 is 0 Å². The molecule has 1 saturated heterocycles. The molecule has 1 fully saturated rings. The van der Waals surface area contributed by atoms with Gasteiger partial charge in [0, 0.05) is 29.7 Å². The van der Waals surface area contributed by atoms with Crippen molar-refractivity contribution >= 4 is 22.9 Å². The lowest BCUT2D eigenvalue weighted by Crippen LogP contribution is -2.42. The zero-order valence-electron chi connectivity index (χ0n) is 9.24. The van der Waals surface area contributed by atoms with Gasteiger partial charge in [0.2, 0.25) is 0 Å². The molecule has 0 aliphatic carbocycles. The number of halogens is 1. The highest BCUT2D eigenvalue weighted by Gasteiger charge is 2.24. The van der Waals surface area contributed by atoms with Gasteiger partial charge in [-0.1, -0.05) is 18.0 Å². The fourth-order valence-electron chi connectivity index (χ4n) is 2.32. The molecule has 2 nitrogen and oxygen atoms in total. The normalized spacial score (nSPS) is 28.2. The molecule has 4 heteroatoms. The minimum Gasteiger partial charge on any atom is -0.293 e. The summed E-state index contributed by atoms with van der Waals surface area (Å²) in [6, 6.07) is 1.38. The third-order valence-corrected chi connectivity index (χ3v) is 4.34. The van der Waals surface area contributed by atoms with Crippen LogP contribution in [0.1, 0.15) is 38.0 Å². The van der Waals surface area contributed by atoms with Crippen molar-refractivity contribution in [2.45, 2.75) is 51.7 Å². The van der Waals surface area contributed by atoms with E-state index in [0.29, 0.717) is 16.6 Å². The molecule has 2 heterocycles. The lowest BCUT2D eigenvalue weighted by atomic mass is 9.97. The van der Waals surface area contributed by atoms with Crippen LogP contribution in [0.3, 0.4) is 0 Å². The average Bonchev–Trinajstić information content (AvgIpc) is 2.58. The second-order valence-corrected chi connectivity index (χ2v) is 6.08. The Bertz CT molecular complexity index is 316. The first-order valence-corrected chi connectivity index (χ1v) is 6.72. The van der Waals surface area contributed by atoms with E-state index in [9.17, 15) is 0 Å². The van der Waals surface area contributed by atoms with Gasteiger partial charge in [-0.05, 0) is 26.7 Å². The van der Waals surface area contributed by atoms with Crippen LogP contribution in [-0.2, 0) is 6.54 Å². The van der Waals surface area contributed by atoms with Crippen LogP contribution in [0.5, 0.6) is 0 Å². The zero-order valence-corrected chi connectivity index (χ0v) is 10.8. The fraction of sp³-hybridized carbons (Fsp3) is 0.727. The topological polar surface area (TPSA) is 16.1 Å². The monoisotopic (exact) mass is 244 g/mol. The van der Waals surface area contributed by atoms with Gasteiger partial charge in [-0.3, -0.25) is 4.90 Å². The zero-order chi connectivity index (χ0) is 10.8. The Morgan fingerprint density at radius 1 is 1.47 bits per heavy atom. The summed E-state index contributed by atoms with van der Waals surface area (Å²) >= 11 is 7.44. The van der Waals surface area contributed by atoms with Gasteiger partial charge < -0.3 is 0 Å². The van der Waals surface area contributed by atoms with Gasteiger partial charge in [0.15, 0.2) is 4.47 Å². The van der Waals surface area contributed by atoms with Gasteiger partial charge in [0.25, 0.3) is 0 Å². The van der Waals surface area contributed by atoms with Crippen molar-refractivity contribution in [3.05, 3.63) is 15.5 Å². The number of likely N-dealkylation sites (tertiary alicyclic amines) is 1. The van der Waals surface area contributed by atoms with Crippen LogP contribution in [0.4, 0.5) is 0 Å². The molecular formula is C11H17ClN2S. The van der Waals surface area contributed by atoms with Crippen LogP contribution in [0, 0.1) is 0 Å². The molecule has 0 spiro atoms. The SMILES string of the molecule is C[C@@H]1CCC[C@@H](C)N1Cc1cnc(Cl)s1. The second kappa shape index (κ2) is 4.81. The molecule has 0 amide bonds. The Morgan fingerprint density at radius 2 is 2.13 bits per heavy atom. The van der Waals surface area contributed by atoms with Crippen molar-refractivity contribution in [1.29, 1.82) is 0 Å². The smallest absolute Gasteiger partial charge is 0.183 e. The van der Waals surface area contributed by atoms with E-state index in [0.717, 1.165) is 6.54 Å². The maximum Gasteiger partial charge on any atom is 0.183 e. The molecule has 84 valence electrons. The van der Waals surface area contributed by atoms with Crippen molar-refractivity contribution in [1.82, 2.24) is 9.88 Å². The molecule has 1 aromatic rings. The number of piperidine rings is 1. The molecule has 1 aliphatic heterocycles. The van der Waals surface area contributed by atoms with E-state index in [1.165, 1.54) is 24.1 Å². The Labute approximate surface area is 100 Å². The number of hydrogen-bond donors (Lipinski definition) is 0. The lowest BCUT2D eigenvalue weighted by molar-refractivity contribution is 0.0964. The molecule has 15 heavy (non-hydrogen) atoms. The van der Waals surface area contributed by atoms with Crippen LogP contribution in [0.15, 0.2) is 6.20 Å². The van der Waals surface area contributed by atoms with Gasteiger partial charge in [-0.15, -0.1) is 11.3 Å². The lowest BCUT2D eigenvalue weighted by Gasteiger charge is -2.38. The highest BCUT2D eigenvalue weighted by Crippen LogP contribution is 2.27. The molecule has 0 radical (unpaired) electrons. The van der Waals surface area contributed by atoms with Crippen molar-refractivity contribution < 1.29 is 0 Å². The predicted molar refractivity (Wildman–Crippen MR) is 65.4 cm³/mol. The molecule has 0 aromatic carbocycles. The van der Waals surface area contributed by atoms with E-state index in [1.807, 2.05) is 6.20 Å². The standard InChI is InChI=1S/C11H17ClN2S/c1-8-4-3-5-9(2)14(8)7-10-6-13-11(12)15-10/h6,8-9H,3-5,7H2,1-2H3/t8-,9-/m1/s1. The maximum atomic E-state index is 5.84. The molecule has 1 aromatic heterocycles. The molecule has 0 bridgehead atoms. The van der Waals surface area contributed by atoms with E-state index < -0.39 is 0 Å². The Balaban J connectivity index is 2.03. The van der Waals surface area contributed by atoms with Gasteiger partial charge in [-0.25, -0.2) is 4.98 Å². The third kappa shape index (κ3) is 2.71. The van der Waals surface area contributed by atoms with Gasteiger partial charge in [0.1, 0.15) is 0 Å². The Hall–Kier alpha value is -0.120. The highest BCUT2D eigenvalue weighted by atomic mass is 35.5. The fourth-order valence-corrected chi connectivity index (χ4v) is 3.31. The first-order chi connectivity index (χ1) is 7.16. The molecule has 2 rings (SSSR count). The summed E-state index contributed by atoms with van der Waals surface area (Å²) in [5.41, 5.74) is 0. The highest BCUT2D eigenvalue weighted by molar-refractivity contribution is 7.15. The van der Waals surface area contributed by atoms with Gasteiger partial charge in [0.05, 0.1) is 0 Å². The van der Waals surface area contributed by atoms with E-state index in [2.05, 4.69) is 23.7 Å². The van der Waals surface area contributed by atoms with E-state index in [-0.39, 0.29) is 0 Å². The number of nitrogens with zero attached hydrogens (tertiary/aromatic N) is 2. The van der Waals surface area contributed by atoms with E-state index in [4.69, 9.17) is 11.6 Å². The number of aromatic nitrogens is 1. The van der Waals surface area contributed by atoms with Crippen LogP contribution < -0.4 is 0 Å². The predicted octanol–water partition coefficient (Wildman–Crippen LogP) is 3.56. The number of rotatable bonds is 2. The van der Waals surface area contributed by atoms with Crippen LogP contribution in [-0.4, -0.2) is 22.0 Å². The second-order valence-electron chi connectivity index (χ2n) is 4.38. The molecule has 1 aliphatic rings. The molecule has 0 unspecified atom stereocenters. The summed E-state index contributed by atoms with van der Waals surface area (Å²) in [7, 11) is 0. The average molecular weight is 245 g/mol. The summed E-state index contributed by atoms with van der Waals surface area (Å²) < 4.78 is 0.655. The van der Waals surface area contributed by atoms with Crippen LogP contribution in [0.2, 0.25) is 4.47 Å². The quantitative estimate of drug-likeness (QED) is 0.791. The van der Waals surface area contributed by atoms with Crippen molar-refractivity contribution in [2.75, 3.05) is 0 Å². The maximum absolute atomic E-state index is 5.84. The molecule has 0 saturated carbocycles. The van der Waals surface area contributed by atoms with Crippen molar-refractivity contribution in [2.24, 2.45) is 0 Å². The Kier molecular flexibility index (Phi) is 3.65. The molecule has 2 atom stereocenters. The van der Waals surface area contributed by atoms with Crippen LogP contribution in [0.25, 0.3) is 0 Å². The minimum atomic E-state index is 0.655. The summed E-state index contributed by atoms with van der Waals surface area (Å²) in [4.78, 5) is 7.93. The summed E-state index contributed by atoms with van der Waals surface area (Å²) in [6.07, 6.45) is 5.90. The van der Waals surface area contributed by atoms with Crippen molar-refractivity contribution in [3.63, 3.8) is 0 Å². The van der Waals surface area contributed by atoms with E-state index in [1.54, 1.807) is 11.3 Å².